The molecule has 14 heavy (non-hydrogen) atoms. The zero-order valence-corrected chi connectivity index (χ0v) is 8.91. The predicted octanol–water partition coefficient (Wildman–Crippen LogP) is 0.109. The van der Waals surface area contributed by atoms with Crippen LogP contribution in [0.15, 0.2) is 10.8 Å². The fourth-order valence-electron chi connectivity index (χ4n) is 0.811. The second-order valence-corrected chi connectivity index (χ2v) is 3.36. The van der Waals surface area contributed by atoms with Gasteiger partial charge in [0.1, 0.15) is 22.4 Å². The molecule has 0 atom stereocenters. The number of primary amides is 1. The molecule has 0 fully saturated rings. The summed E-state index contributed by atoms with van der Waals surface area (Å²) >= 11 is 3.22. The van der Waals surface area contributed by atoms with Crippen molar-refractivity contribution in [2.24, 2.45) is 5.73 Å². The van der Waals surface area contributed by atoms with Crippen LogP contribution in [0, 0.1) is 0 Å². The maximum atomic E-state index is 10.5. The Morgan fingerprint density at radius 3 is 2.93 bits per heavy atom. The van der Waals surface area contributed by atoms with Gasteiger partial charge in [0.25, 0.3) is 0 Å². The van der Waals surface area contributed by atoms with Gasteiger partial charge < -0.3 is 16.8 Å². The van der Waals surface area contributed by atoms with Gasteiger partial charge in [-0.25, -0.2) is 9.97 Å². The van der Waals surface area contributed by atoms with Crippen molar-refractivity contribution in [1.29, 1.82) is 0 Å². The molecule has 1 heterocycles. The minimum absolute atomic E-state index is 0.246. The zero-order chi connectivity index (χ0) is 10.6. The van der Waals surface area contributed by atoms with Crippen LogP contribution >= 0.6 is 15.9 Å². The first-order valence-corrected chi connectivity index (χ1v) is 4.68. The number of nitrogen functional groups attached to an aromatic ring is 1. The van der Waals surface area contributed by atoms with E-state index in [9.17, 15) is 4.79 Å². The summed E-state index contributed by atoms with van der Waals surface area (Å²) < 4.78 is 0.587. The molecule has 0 unspecified atom stereocenters. The lowest BCUT2D eigenvalue weighted by molar-refractivity contribution is -0.117. The Morgan fingerprint density at radius 1 is 1.57 bits per heavy atom. The number of amides is 1. The Hall–Kier alpha value is -1.37. The topological polar surface area (TPSA) is 107 Å². The number of anilines is 2. The Bertz CT molecular complexity index is 343. The molecular formula is C7H10BrN5O. The van der Waals surface area contributed by atoms with Gasteiger partial charge in [-0.2, -0.15) is 0 Å². The molecule has 1 aromatic heterocycles. The van der Waals surface area contributed by atoms with Gasteiger partial charge >= 0.3 is 0 Å². The molecule has 5 N–H and O–H groups in total. The van der Waals surface area contributed by atoms with Gasteiger partial charge in [-0.15, -0.1) is 0 Å². The minimum atomic E-state index is -0.365. The van der Waals surface area contributed by atoms with E-state index in [0.29, 0.717) is 22.7 Å². The van der Waals surface area contributed by atoms with Gasteiger partial charge in [0.2, 0.25) is 5.91 Å². The van der Waals surface area contributed by atoms with Crippen molar-refractivity contribution in [2.75, 3.05) is 17.6 Å². The summed E-state index contributed by atoms with van der Waals surface area (Å²) in [5, 5.41) is 2.91. The van der Waals surface area contributed by atoms with E-state index in [4.69, 9.17) is 11.5 Å². The lowest BCUT2D eigenvalue weighted by atomic mass is 10.4. The van der Waals surface area contributed by atoms with Crippen molar-refractivity contribution in [3.05, 3.63) is 10.8 Å². The summed E-state index contributed by atoms with van der Waals surface area (Å²) in [5.74, 6) is 0.538. The van der Waals surface area contributed by atoms with Gasteiger partial charge in [0.15, 0.2) is 0 Å². The van der Waals surface area contributed by atoms with Crippen molar-refractivity contribution in [1.82, 2.24) is 9.97 Å². The van der Waals surface area contributed by atoms with Crippen LogP contribution in [-0.4, -0.2) is 22.4 Å². The van der Waals surface area contributed by atoms with Gasteiger partial charge in [0, 0.05) is 13.0 Å². The van der Waals surface area contributed by atoms with Crippen LogP contribution < -0.4 is 16.8 Å². The molecule has 1 amide bonds. The molecule has 0 radical (unpaired) electrons. The number of halogens is 1. The number of hydrogen-bond acceptors (Lipinski definition) is 5. The summed E-state index contributed by atoms with van der Waals surface area (Å²) in [6, 6.07) is 0. The Morgan fingerprint density at radius 2 is 2.29 bits per heavy atom. The number of rotatable bonds is 4. The van der Waals surface area contributed by atoms with Crippen molar-refractivity contribution in [3.8, 4) is 0 Å². The first-order valence-electron chi connectivity index (χ1n) is 3.89. The Balaban J connectivity index is 2.59. The number of nitrogens with one attached hydrogen (secondary N) is 1. The molecule has 0 saturated carbocycles. The van der Waals surface area contributed by atoms with Gasteiger partial charge in [-0.1, -0.05) is 0 Å². The van der Waals surface area contributed by atoms with E-state index < -0.39 is 0 Å². The molecule has 0 aliphatic rings. The van der Waals surface area contributed by atoms with Gasteiger partial charge in [-0.3, -0.25) is 4.79 Å². The van der Waals surface area contributed by atoms with E-state index in [1.165, 1.54) is 6.33 Å². The van der Waals surface area contributed by atoms with Crippen LogP contribution in [-0.2, 0) is 4.79 Å². The molecule has 76 valence electrons. The number of nitrogens with zero attached hydrogens (tertiary/aromatic N) is 2. The second kappa shape index (κ2) is 4.75. The molecule has 0 spiro atoms. The fourth-order valence-corrected chi connectivity index (χ4v) is 1.16. The maximum Gasteiger partial charge on any atom is 0.219 e. The molecule has 7 heteroatoms. The first-order chi connectivity index (χ1) is 6.61. The summed E-state index contributed by atoms with van der Waals surface area (Å²) in [4.78, 5) is 18.2. The lowest BCUT2D eigenvalue weighted by Gasteiger charge is -2.06. The Labute approximate surface area is 89.2 Å². The normalized spacial score (nSPS) is 9.79. The van der Waals surface area contributed by atoms with E-state index in [-0.39, 0.29) is 12.3 Å². The summed E-state index contributed by atoms with van der Waals surface area (Å²) in [5.41, 5.74) is 10.5. The molecule has 0 aromatic carbocycles. The molecule has 1 aromatic rings. The van der Waals surface area contributed by atoms with Crippen molar-refractivity contribution >= 4 is 33.5 Å². The second-order valence-electron chi connectivity index (χ2n) is 2.56. The number of nitrogens with two attached hydrogens (primary N) is 2. The number of hydrogen-bond donors (Lipinski definition) is 3. The third kappa shape index (κ3) is 2.84. The third-order valence-corrected chi connectivity index (χ3v) is 2.26. The highest BCUT2D eigenvalue weighted by atomic mass is 79.9. The molecular weight excluding hydrogens is 250 g/mol. The molecule has 0 bridgehead atoms. The third-order valence-electron chi connectivity index (χ3n) is 1.48. The quantitative estimate of drug-likeness (QED) is 0.712. The molecule has 1 rings (SSSR count). The van der Waals surface area contributed by atoms with Crippen LogP contribution in [0.2, 0.25) is 0 Å². The van der Waals surface area contributed by atoms with E-state index >= 15 is 0 Å². The highest BCUT2D eigenvalue weighted by Crippen LogP contribution is 2.23. The van der Waals surface area contributed by atoms with Crippen LogP contribution in [0.5, 0.6) is 0 Å². The zero-order valence-electron chi connectivity index (χ0n) is 7.33. The Kier molecular flexibility index (Phi) is 3.63. The van der Waals surface area contributed by atoms with Crippen LogP contribution in [0.25, 0.3) is 0 Å². The van der Waals surface area contributed by atoms with Crippen LogP contribution in [0.3, 0.4) is 0 Å². The average Bonchev–Trinajstić information content (AvgIpc) is 2.12. The molecule has 0 aliphatic heterocycles. The minimum Gasteiger partial charge on any atom is -0.383 e. The smallest absolute Gasteiger partial charge is 0.219 e. The van der Waals surface area contributed by atoms with E-state index in [1.54, 1.807) is 0 Å². The van der Waals surface area contributed by atoms with Gasteiger partial charge in [0.05, 0.1) is 0 Å². The predicted molar refractivity (Wildman–Crippen MR) is 56.4 cm³/mol. The maximum absolute atomic E-state index is 10.5. The molecule has 0 aliphatic carbocycles. The summed E-state index contributed by atoms with van der Waals surface area (Å²) in [6.45, 7) is 0.421. The highest BCUT2D eigenvalue weighted by molar-refractivity contribution is 9.10. The summed E-state index contributed by atoms with van der Waals surface area (Å²) in [7, 11) is 0. The van der Waals surface area contributed by atoms with Crippen molar-refractivity contribution in [2.45, 2.75) is 6.42 Å². The van der Waals surface area contributed by atoms with E-state index in [1.807, 2.05) is 0 Å². The first kappa shape index (κ1) is 10.7. The standard InChI is InChI=1S/C7H10BrN5O/c8-5-6(10)12-3-13-7(5)11-2-1-4(9)14/h3H,1-2H2,(H2,9,14)(H3,10,11,12,13). The van der Waals surface area contributed by atoms with Crippen molar-refractivity contribution < 1.29 is 4.79 Å². The van der Waals surface area contributed by atoms with E-state index in [2.05, 4.69) is 31.2 Å². The summed E-state index contributed by atoms with van der Waals surface area (Å²) in [6.07, 6.45) is 1.59. The van der Waals surface area contributed by atoms with E-state index in [0.717, 1.165) is 0 Å². The van der Waals surface area contributed by atoms with Crippen LogP contribution in [0.4, 0.5) is 11.6 Å². The molecule has 6 nitrogen and oxygen atoms in total. The number of carbonyl (C=O) groups excluding carboxylic acids is 1. The number of carbonyl (C=O) groups is 1. The average molecular weight is 260 g/mol. The highest BCUT2D eigenvalue weighted by Gasteiger charge is 2.04. The SMILES string of the molecule is NC(=O)CCNc1ncnc(N)c1Br. The molecule has 0 saturated heterocycles. The van der Waals surface area contributed by atoms with Crippen molar-refractivity contribution in [3.63, 3.8) is 0 Å². The monoisotopic (exact) mass is 259 g/mol. The largest absolute Gasteiger partial charge is 0.383 e. The fraction of sp³-hybridized carbons (Fsp3) is 0.286. The van der Waals surface area contributed by atoms with Gasteiger partial charge in [-0.05, 0) is 15.9 Å². The van der Waals surface area contributed by atoms with Crippen LogP contribution in [0.1, 0.15) is 6.42 Å². The number of aromatic nitrogens is 2. The lowest BCUT2D eigenvalue weighted by Crippen LogP contribution is -2.16.